The Bertz CT molecular complexity index is 417. The van der Waals surface area contributed by atoms with Gasteiger partial charge in [-0.25, -0.2) is 15.0 Å². The SMILES string of the molecule is COc1cc(-c2cn[c]nc2)ccn1. The van der Waals surface area contributed by atoms with E-state index in [0.717, 1.165) is 11.1 Å². The number of nitrogens with zero attached hydrogens (tertiary/aromatic N) is 3. The highest BCUT2D eigenvalue weighted by Crippen LogP contribution is 2.19. The summed E-state index contributed by atoms with van der Waals surface area (Å²) in [4.78, 5) is 11.7. The highest BCUT2D eigenvalue weighted by Gasteiger charge is 1.99. The highest BCUT2D eigenvalue weighted by molar-refractivity contribution is 5.61. The van der Waals surface area contributed by atoms with E-state index in [-0.39, 0.29) is 0 Å². The number of ether oxygens (including phenoxy) is 1. The number of hydrogen-bond acceptors (Lipinski definition) is 4. The van der Waals surface area contributed by atoms with Crippen molar-refractivity contribution >= 4 is 0 Å². The quantitative estimate of drug-likeness (QED) is 0.710. The summed E-state index contributed by atoms with van der Waals surface area (Å²) in [5.74, 6) is 0.579. The molecule has 2 rings (SSSR count). The second-order valence-electron chi connectivity index (χ2n) is 2.66. The van der Waals surface area contributed by atoms with Crippen molar-refractivity contribution in [3.8, 4) is 17.0 Å². The minimum atomic E-state index is 0.579. The molecule has 0 unspecified atom stereocenters. The van der Waals surface area contributed by atoms with Crippen LogP contribution in [0, 0.1) is 6.33 Å². The fourth-order valence-electron chi connectivity index (χ4n) is 1.11. The second kappa shape index (κ2) is 3.83. The van der Waals surface area contributed by atoms with Crippen molar-refractivity contribution in [3.63, 3.8) is 0 Å². The Morgan fingerprint density at radius 2 is 2.00 bits per heavy atom. The molecule has 4 heteroatoms. The first-order chi connectivity index (χ1) is 6.90. The summed E-state index contributed by atoms with van der Waals surface area (Å²) in [6.07, 6.45) is 7.56. The van der Waals surface area contributed by atoms with E-state index in [0.29, 0.717) is 5.88 Å². The van der Waals surface area contributed by atoms with Gasteiger partial charge >= 0.3 is 0 Å². The molecular formula is C10H8N3O. The third-order valence-electron chi connectivity index (χ3n) is 1.80. The molecule has 2 aromatic heterocycles. The molecule has 0 spiro atoms. The van der Waals surface area contributed by atoms with E-state index in [2.05, 4.69) is 21.3 Å². The van der Waals surface area contributed by atoms with Crippen LogP contribution in [-0.2, 0) is 0 Å². The van der Waals surface area contributed by atoms with Crippen LogP contribution in [0.4, 0.5) is 0 Å². The zero-order chi connectivity index (χ0) is 9.80. The summed E-state index contributed by atoms with van der Waals surface area (Å²) in [7, 11) is 1.58. The van der Waals surface area contributed by atoms with E-state index in [4.69, 9.17) is 4.74 Å². The molecule has 0 saturated carbocycles. The van der Waals surface area contributed by atoms with Crippen LogP contribution in [0.25, 0.3) is 11.1 Å². The average Bonchev–Trinajstić information content (AvgIpc) is 2.30. The van der Waals surface area contributed by atoms with Crippen LogP contribution >= 0.6 is 0 Å². The van der Waals surface area contributed by atoms with Crippen LogP contribution in [-0.4, -0.2) is 22.1 Å². The van der Waals surface area contributed by atoms with Crippen LogP contribution in [0.1, 0.15) is 0 Å². The molecule has 2 aromatic rings. The molecule has 1 radical (unpaired) electrons. The Morgan fingerprint density at radius 1 is 1.21 bits per heavy atom. The van der Waals surface area contributed by atoms with Gasteiger partial charge in [0, 0.05) is 30.2 Å². The molecule has 14 heavy (non-hydrogen) atoms. The van der Waals surface area contributed by atoms with Crippen molar-refractivity contribution in [3.05, 3.63) is 37.1 Å². The maximum absolute atomic E-state index is 5.02. The smallest absolute Gasteiger partial charge is 0.213 e. The van der Waals surface area contributed by atoms with Gasteiger partial charge < -0.3 is 4.74 Å². The van der Waals surface area contributed by atoms with Gasteiger partial charge in [0.1, 0.15) is 0 Å². The first-order valence-corrected chi connectivity index (χ1v) is 4.08. The molecule has 0 aliphatic heterocycles. The lowest BCUT2D eigenvalue weighted by molar-refractivity contribution is 0.398. The number of pyridine rings is 1. The molecule has 0 N–H and O–H groups in total. The topological polar surface area (TPSA) is 47.9 Å². The van der Waals surface area contributed by atoms with Gasteiger partial charge in [-0.1, -0.05) is 0 Å². The minimum Gasteiger partial charge on any atom is -0.481 e. The van der Waals surface area contributed by atoms with E-state index in [1.807, 2.05) is 12.1 Å². The van der Waals surface area contributed by atoms with Gasteiger partial charge in [0.25, 0.3) is 0 Å². The molecule has 0 aliphatic rings. The van der Waals surface area contributed by atoms with Gasteiger partial charge in [0.2, 0.25) is 5.88 Å². The molecule has 0 saturated heterocycles. The van der Waals surface area contributed by atoms with Crippen LogP contribution in [0.3, 0.4) is 0 Å². The molecule has 0 bridgehead atoms. The standard InChI is InChI=1S/C10H8N3O/c1-14-10-4-8(2-3-13-10)9-5-11-7-12-6-9/h2-6H,1H3. The first kappa shape index (κ1) is 8.62. The Labute approximate surface area is 81.6 Å². The van der Waals surface area contributed by atoms with E-state index < -0.39 is 0 Å². The van der Waals surface area contributed by atoms with Crippen LogP contribution in [0.2, 0.25) is 0 Å². The van der Waals surface area contributed by atoms with E-state index in [9.17, 15) is 0 Å². The molecule has 2 heterocycles. The van der Waals surface area contributed by atoms with Crippen molar-refractivity contribution in [2.75, 3.05) is 7.11 Å². The lowest BCUT2D eigenvalue weighted by atomic mass is 10.1. The van der Waals surface area contributed by atoms with Crippen molar-refractivity contribution < 1.29 is 4.74 Å². The molecule has 0 aromatic carbocycles. The molecule has 0 amide bonds. The lowest BCUT2D eigenvalue weighted by Gasteiger charge is -2.01. The van der Waals surface area contributed by atoms with E-state index in [1.54, 1.807) is 25.7 Å². The van der Waals surface area contributed by atoms with Gasteiger partial charge in [-0.15, -0.1) is 0 Å². The summed E-state index contributed by atoms with van der Waals surface area (Å²) >= 11 is 0. The molecule has 69 valence electrons. The van der Waals surface area contributed by atoms with Gasteiger partial charge in [0.15, 0.2) is 6.33 Å². The van der Waals surface area contributed by atoms with Crippen LogP contribution in [0.15, 0.2) is 30.7 Å². The van der Waals surface area contributed by atoms with Gasteiger partial charge in [-0.3, -0.25) is 0 Å². The number of rotatable bonds is 2. The second-order valence-corrected chi connectivity index (χ2v) is 2.66. The maximum atomic E-state index is 5.02. The minimum absolute atomic E-state index is 0.579. The Kier molecular flexibility index (Phi) is 2.36. The number of hydrogen-bond donors (Lipinski definition) is 0. The summed E-state index contributed by atoms with van der Waals surface area (Å²) in [6.45, 7) is 0. The van der Waals surface area contributed by atoms with Crippen LogP contribution in [0.5, 0.6) is 5.88 Å². The summed E-state index contributed by atoms with van der Waals surface area (Å²) in [5.41, 5.74) is 1.90. The van der Waals surface area contributed by atoms with Crippen molar-refractivity contribution in [2.24, 2.45) is 0 Å². The van der Waals surface area contributed by atoms with Gasteiger partial charge in [-0.2, -0.15) is 0 Å². The van der Waals surface area contributed by atoms with E-state index in [1.165, 1.54) is 0 Å². The third-order valence-corrected chi connectivity index (χ3v) is 1.80. The Morgan fingerprint density at radius 3 is 2.71 bits per heavy atom. The maximum Gasteiger partial charge on any atom is 0.213 e. The predicted molar refractivity (Wildman–Crippen MR) is 50.7 cm³/mol. The third kappa shape index (κ3) is 1.69. The molecule has 4 nitrogen and oxygen atoms in total. The molecule has 0 fully saturated rings. The summed E-state index contributed by atoms with van der Waals surface area (Å²) in [6, 6.07) is 3.71. The number of methoxy groups -OCH3 is 1. The monoisotopic (exact) mass is 186 g/mol. The average molecular weight is 186 g/mol. The Hall–Kier alpha value is -1.97. The van der Waals surface area contributed by atoms with Gasteiger partial charge in [0.05, 0.1) is 7.11 Å². The van der Waals surface area contributed by atoms with E-state index >= 15 is 0 Å². The largest absolute Gasteiger partial charge is 0.481 e. The molecular weight excluding hydrogens is 178 g/mol. The van der Waals surface area contributed by atoms with Gasteiger partial charge in [-0.05, 0) is 11.6 Å². The molecule has 0 aliphatic carbocycles. The van der Waals surface area contributed by atoms with Crippen molar-refractivity contribution in [1.29, 1.82) is 0 Å². The zero-order valence-corrected chi connectivity index (χ0v) is 7.64. The lowest BCUT2D eigenvalue weighted by Crippen LogP contribution is -1.88. The van der Waals surface area contributed by atoms with Crippen LogP contribution < -0.4 is 4.74 Å². The van der Waals surface area contributed by atoms with Crippen molar-refractivity contribution in [1.82, 2.24) is 15.0 Å². The van der Waals surface area contributed by atoms with Crippen molar-refractivity contribution in [2.45, 2.75) is 0 Å². The fraction of sp³-hybridized carbons (Fsp3) is 0.100. The molecule has 0 atom stereocenters. The summed E-state index contributed by atoms with van der Waals surface area (Å²) < 4.78 is 5.02. The normalized spacial score (nSPS) is 9.79. The number of aromatic nitrogens is 3. The highest BCUT2D eigenvalue weighted by atomic mass is 16.5. The fourth-order valence-corrected chi connectivity index (χ4v) is 1.11. The first-order valence-electron chi connectivity index (χ1n) is 4.08. The Balaban J connectivity index is 2.42. The predicted octanol–water partition coefficient (Wildman–Crippen LogP) is 1.35. The summed E-state index contributed by atoms with van der Waals surface area (Å²) in [5, 5.41) is 0. The zero-order valence-electron chi connectivity index (χ0n) is 7.64.